The molecule has 4 aliphatic rings. The standard InChI is InChI=1S/C34H46N4O4/c1-23(2)38-32(41)37(18-24-13-14-42-22-24)31(40)34(38)15-27-11-12-28(16-34)36(27)20-26-19-35(30(39)17-33(3,4)5)21-29(26)25-9-7-6-8-10-25/h6-10,13-14,22-23,26-29H,11-12,15-21H2,1-5H3/t26-,27?,28?,29-,34?/m1/s1. The van der Waals surface area contributed by atoms with Gasteiger partial charge in [-0.25, -0.2) is 4.79 Å². The molecule has 6 rings (SSSR count). The third-order valence-corrected chi connectivity index (χ3v) is 10.0. The first kappa shape index (κ1) is 29.0. The van der Waals surface area contributed by atoms with Crippen molar-refractivity contribution in [2.45, 2.75) is 103 Å². The third-order valence-electron chi connectivity index (χ3n) is 10.0. The number of benzene rings is 1. The van der Waals surface area contributed by atoms with Crippen LogP contribution in [0.1, 0.15) is 83.8 Å². The molecule has 1 spiro atoms. The summed E-state index contributed by atoms with van der Waals surface area (Å²) in [5.74, 6) is 0.804. The number of likely N-dealkylation sites (tertiary alicyclic amines) is 1. The predicted octanol–water partition coefficient (Wildman–Crippen LogP) is 5.50. The lowest BCUT2D eigenvalue weighted by Gasteiger charge is -2.48. The predicted molar refractivity (Wildman–Crippen MR) is 160 cm³/mol. The molecule has 8 nitrogen and oxygen atoms in total. The van der Waals surface area contributed by atoms with Gasteiger partial charge in [-0.3, -0.25) is 19.4 Å². The van der Waals surface area contributed by atoms with E-state index < -0.39 is 5.54 Å². The van der Waals surface area contributed by atoms with Gasteiger partial charge in [0.1, 0.15) is 5.54 Å². The zero-order valence-corrected chi connectivity index (χ0v) is 25.8. The quantitative estimate of drug-likeness (QED) is 0.409. The summed E-state index contributed by atoms with van der Waals surface area (Å²) in [6, 6.07) is 12.7. The van der Waals surface area contributed by atoms with Crippen molar-refractivity contribution >= 4 is 17.8 Å². The molecule has 2 bridgehead atoms. The van der Waals surface area contributed by atoms with Crippen LogP contribution >= 0.6 is 0 Å². The van der Waals surface area contributed by atoms with Gasteiger partial charge in [0.15, 0.2) is 0 Å². The highest BCUT2D eigenvalue weighted by atomic mass is 16.3. The lowest BCUT2D eigenvalue weighted by Crippen LogP contribution is -2.62. The fraction of sp³-hybridized carbons (Fsp3) is 0.618. The molecule has 8 heteroatoms. The van der Waals surface area contributed by atoms with Crippen LogP contribution < -0.4 is 0 Å². The minimum Gasteiger partial charge on any atom is -0.472 e. The van der Waals surface area contributed by atoms with Crippen molar-refractivity contribution in [1.82, 2.24) is 19.6 Å². The number of amides is 4. The minimum atomic E-state index is -0.791. The van der Waals surface area contributed by atoms with Crippen molar-refractivity contribution in [2.75, 3.05) is 19.6 Å². The summed E-state index contributed by atoms with van der Waals surface area (Å²) in [7, 11) is 0. The fourth-order valence-corrected chi connectivity index (χ4v) is 8.33. The maximum atomic E-state index is 14.1. The van der Waals surface area contributed by atoms with Crippen LogP contribution in [0.2, 0.25) is 0 Å². The number of furan rings is 1. The van der Waals surface area contributed by atoms with Gasteiger partial charge in [-0.05, 0) is 62.5 Å². The summed E-state index contributed by atoms with van der Waals surface area (Å²) in [6.07, 6.45) is 7.16. The highest BCUT2D eigenvalue weighted by Crippen LogP contribution is 2.49. The number of rotatable bonds is 7. The average Bonchev–Trinajstić information content (AvgIpc) is 3.68. The van der Waals surface area contributed by atoms with Gasteiger partial charge in [-0.2, -0.15) is 0 Å². The largest absolute Gasteiger partial charge is 0.472 e. The van der Waals surface area contributed by atoms with Crippen molar-refractivity contribution in [2.24, 2.45) is 11.3 Å². The van der Waals surface area contributed by atoms with Gasteiger partial charge in [0, 0.05) is 55.7 Å². The van der Waals surface area contributed by atoms with Gasteiger partial charge < -0.3 is 14.2 Å². The van der Waals surface area contributed by atoms with Gasteiger partial charge >= 0.3 is 6.03 Å². The Bertz CT molecular complexity index is 1290. The first-order chi connectivity index (χ1) is 20.0. The number of carbonyl (C=O) groups excluding carboxylic acids is 3. The van der Waals surface area contributed by atoms with E-state index in [0.717, 1.165) is 38.0 Å². The third kappa shape index (κ3) is 5.16. The SMILES string of the molecule is CC(C)N1C(=O)N(Cc2ccoc2)C(=O)C12CC1CCC(C2)N1C[C@H]1CN(C(=O)CC(C)(C)C)C[C@@H]1c1ccccc1. The number of nitrogens with zero attached hydrogens (tertiary/aromatic N) is 4. The van der Waals surface area contributed by atoms with Crippen molar-refractivity contribution in [3.63, 3.8) is 0 Å². The molecule has 0 aliphatic carbocycles. The molecule has 4 atom stereocenters. The minimum absolute atomic E-state index is 0.0449. The van der Waals surface area contributed by atoms with Gasteiger partial charge in [-0.15, -0.1) is 0 Å². The van der Waals surface area contributed by atoms with Gasteiger partial charge in [-0.1, -0.05) is 51.1 Å². The van der Waals surface area contributed by atoms with Crippen molar-refractivity contribution < 1.29 is 18.8 Å². The zero-order valence-electron chi connectivity index (χ0n) is 25.8. The number of carbonyl (C=O) groups is 3. The Kier molecular flexibility index (Phi) is 7.49. The van der Waals surface area contributed by atoms with Gasteiger partial charge in [0.05, 0.1) is 19.1 Å². The molecule has 2 unspecified atom stereocenters. The van der Waals surface area contributed by atoms with E-state index in [0.29, 0.717) is 25.2 Å². The Balaban J connectivity index is 1.23. The Hall–Kier alpha value is -3.13. The highest BCUT2D eigenvalue weighted by molar-refractivity contribution is 6.07. The second kappa shape index (κ2) is 10.9. The Morgan fingerprint density at radius 2 is 1.71 bits per heavy atom. The molecule has 0 saturated carbocycles. The summed E-state index contributed by atoms with van der Waals surface area (Å²) in [5.41, 5.74) is 1.29. The molecule has 0 radical (unpaired) electrons. The van der Waals surface area contributed by atoms with Gasteiger partial charge in [0.25, 0.3) is 5.91 Å². The van der Waals surface area contributed by atoms with E-state index in [9.17, 15) is 14.4 Å². The second-order valence-electron chi connectivity index (χ2n) is 14.6. The number of piperidine rings is 1. The summed E-state index contributed by atoms with van der Waals surface area (Å²) < 4.78 is 5.22. The molecule has 1 aromatic carbocycles. The topological polar surface area (TPSA) is 77.3 Å². The normalized spacial score (nSPS) is 30.0. The number of urea groups is 1. The Morgan fingerprint density at radius 1 is 1.02 bits per heavy atom. The molecular formula is C34H46N4O4. The van der Waals surface area contributed by atoms with Crippen molar-refractivity contribution in [3.8, 4) is 0 Å². The molecule has 0 N–H and O–H groups in total. The number of fused-ring (bicyclic) bond motifs is 2. The summed E-state index contributed by atoms with van der Waals surface area (Å²) in [5, 5.41) is 0. The lowest BCUT2D eigenvalue weighted by atomic mass is 9.79. The van der Waals surface area contributed by atoms with E-state index in [1.54, 1.807) is 12.5 Å². The smallest absolute Gasteiger partial charge is 0.328 e. The monoisotopic (exact) mass is 574 g/mol. The van der Waals surface area contributed by atoms with Crippen LogP contribution in [-0.4, -0.2) is 80.7 Å². The molecule has 226 valence electrons. The van der Waals surface area contributed by atoms with E-state index >= 15 is 0 Å². The fourth-order valence-electron chi connectivity index (χ4n) is 8.33. The van der Waals surface area contributed by atoms with Crippen LogP contribution in [0.3, 0.4) is 0 Å². The maximum Gasteiger partial charge on any atom is 0.328 e. The molecule has 4 amide bonds. The number of imide groups is 1. The molecule has 42 heavy (non-hydrogen) atoms. The highest BCUT2D eigenvalue weighted by Gasteiger charge is 2.63. The van der Waals surface area contributed by atoms with Crippen molar-refractivity contribution in [1.29, 1.82) is 0 Å². The Morgan fingerprint density at radius 3 is 2.31 bits per heavy atom. The van der Waals surface area contributed by atoms with Crippen molar-refractivity contribution in [3.05, 3.63) is 60.1 Å². The van der Waals surface area contributed by atoms with E-state index in [4.69, 9.17) is 4.42 Å². The molecule has 1 aromatic heterocycles. The molecule has 5 heterocycles. The average molecular weight is 575 g/mol. The number of hydrogen-bond donors (Lipinski definition) is 0. The van der Waals surface area contributed by atoms with Gasteiger partial charge in [0.2, 0.25) is 5.91 Å². The van der Waals surface area contributed by atoms with Crippen LogP contribution in [0.25, 0.3) is 0 Å². The van der Waals surface area contributed by atoms with Crippen LogP contribution in [0, 0.1) is 11.3 Å². The molecule has 2 aromatic rings. The second-order valence-corrected chi connectivity index (χ2v) is 14.6. The zero-order chi connectivity index (χ0) is 29.8. The molecule has 4 fully saturated rings. The van der Waals surface area contributed by atoms with Crippen LogP contribution in [-0.2, 0) is 16.1 Å². The molecule has 4 saturated heterocycles. The Labute approximate surface area is 250 Å². The maximum absolute atomic E-state index is 14.1. The summed E-state index contributed by atoms with van der Waals surface area (Å²) in [4.78, 5) is 49.2. The molecular weight excluding hydrogens is 528 g/mol. The van der Waals surface area contributed by atoms with Crippen LogP contribution in [0.4, 0.5) is 4.79 Å². The van der Waals surface area contributed by atoms with E-state index in [2.05, 4.69) is 60.9 Å². The number of hydrogen-bond acceptors (Lipinski definition) is 5. The first-order valence-corrected chi connectivity index (χ1v) is 15.7. The summed E-state index contributed by atoms with van der Waals surface area (Å²) in [6.45, 7) is 13.1. The molecule has 4 aliphatic heterocycles. The first-order valence-electron chi connectivity index (χ1n) is 15.7. The van der Waals surface area contributed by atoms with E-state index in [-0.39, 0.29) is 53.8 Å². The van der Waals surface area contributed by atoms with E-state index in [1.165, 1.54) is 10.5 Å². The van der Waals surface area contributed by atoms with Crippen LogP contribution in [0.15, 0.2) is 53.3 Å². The lowest BCUT2D eigenvalue weighted by molar-refractivity contribution is -0.138. The summed E-state index contributed by atoms with van der Waals surface area (Å²) >= 11 is 0. The van der Waals surface area contributed by atoms with E-state index in [1.807, 2.05) is 24.8 Å². The van der Waals surface area contributed by atoms with Crippen LogP contribution in [0.5, 0.6) is 0 Å².